The number of carbonyl (C=O) groups excluding carboxylic acids is 1. The fourth-order valence-electron chi connectivity index (χ4n) is 2.86. The Morgan fingerprint density at radius 3 is 2.56 bits per heavy atom. The van der Waals surface area contributed by atoms with E-state index < -0.39 is 22.5 Å². The molecule has 0 radical (unpaired) electrons. The third-order valence-corrected chi connectivity index (χ3v) is 5.97. The second-order valence-corrected chi connectivity index (χ2v) is 7.98. The number of anilines is 1. The molecule has 1 saturated heterocycles. The number of hydrogen-bond acceptors (Lipinski definition) is 9. The smallest absolute Gasteiger partial charge is 0.308 e. The number of carbonyl (C=O) groups is 1. The summed E-state index contributed by atoms with van der Waals surface area (Å²) in [5.41, 5.74) is 0.352. The van der Waals surface area contributed by atoms with Gasteiger partial charge in [0.2, 0.25) is 11.5 Å². The van der Waals surface area contributed by atoms with Crippen LogP contribution in [0.2, 0.25) is 0 Å². The lowest BCUT2D eigenvalue weighted by atomic mass is 10.1. The van der Waals surface area contributed by atoms with E-state index in [0.717, 1.165) is 0 Å². The van der Waals surface area contributed by atoms with Crippen molar-refractivity contribution >= 4 is 22.6 Å². The number of nitrogens with zero attached hydrogens (tertiary/aromatic N) is 1. The minimum absolute atomic E-state index is 0.0425. The van der Waals surface area contributed by atoms with Crippen LogP contribution in [0.25, 0.3) is 11.3 Å². The van der Waals surface area contributed by atoms with Crippen molar-refractivity contribution in [2.45, 2.75) is 13.3 Å². The van der Waals surface area contributed by atoms with E-state index in [1.807, 2.05) is 0 Å². The summed E-state index contributed by atoms with van der Waals surface area (Å²) in [7, 11) is -0.188. The molecule has 1 aromatic heterocycles. The van der Waals surface area contributed by atoms with Crippen LogP contribution < -0.4 is 18.5 Å². The van der Waals surface area contributed by atoms with E-state index in [-0.39, 0.29) is 29.7 Å². The molecule has 1 aliphatic rings. The van der Waals surface area contributed by atoms with Crippen LogP contribution in [0.3, 0.4) is 0 Å². The maximum atomic E-state index is 11.5. The fraction of sp³-hybridized carbons (Fsp3) is 0.353. The summed E-state index contributed by atoms with van der Waals surface area (Å²) in [6, 6.07) is 4.89. The molecule has 0 aliphatic carbocycles. The maximum absolute atomic E-state index is 11.5. The van der Waals surface area contributed by atoms with Crippen LogP contribution in [0.15, 0.2) is 22.6 Å². The number of rotatable bonds is 5. The van der Waals surface area contributed by atoms with Crippen molar-refractivity contribution in [2.24, 2.45) is 0 Å². The molecule has 1 aromatic carbocycles. The summed E-state index contributed by atoms with van der Waals surface area (Å²) in [5.74, 6) is -0.549. The van der Waals surface area contributed by atoms with E-state index >= 15 is 0 Å². The Bertz CT molecular complexity index is 863. The standard InChI is InChI=1S/C17H21NO8S/c1-10(19)25-16-14(20)15(12-9-11(23-2)5-6-13(12)24-3)26-17(16)18-7-4-8-27(18,21)22/h5-6,9,20-22H,4,7-8H2,1-3H3. The molecule has 0 atom stereocenters. The quantitative estimate of drug-likeness (QED) is 0.649. The van der Waals surface area contributed by atoms with E-state index in [2.05, 4.69) is 0 Å². The van der Waals surface area contributed by atoms with Gasteiger partial charge in [0.15, 0.2) is 5.76 Å². The number of ether oxygens (including phenoxy) is 3. The highest BCUT2D eigenvalue weighted by molar-refractivity contribution is 8.25. The van der Waals surface area contributed by atoms with Gasteiger partial charge in [-0.1, -0.05) is 0 Å². The molecule has 0 saturated carbocycles. The molecule has 2 aromatic rings. The summed E-state index contributed by atoms with van der Waals surface area (Å²) >= 11 is 0. The number of furan rings is 1. The molecule has 1 fully saturated rings. The molecule has 9 nitrogen and oxygen atoms in total. The van der Waals surface area contributed by atoms with Crippen molar-refractivity contribution in [3.63, 3.8) is 0 Å². The summed E-state index contributed by atoms with van der Waals surface area (Å²) in [6.45, 7) is 1.45. The number of methoxy groups -OCH3 is 2. The van der Waals surface area contributed by atoms with Crippen LogP contribution in [0.4, 0.5) is 5.88 Å². The molecule has 2 heterocycles. The molecule has 0 amide bonds. The van der Waals surface area contributed by atoms with Crippen molar-refractivity contribution < 1.29 is 37.6 Å². The molecule has 3 rings (SSSR count). The predicted octanol–water partition coefficient (Wildman–Crippen LogP) is 3.47. The molecule has 1 aliphatic heterocycles. The Morgan fingerprint density at radius 1 is 1.26 bits per heavy atom. The second kappa shape index (κ2) is 7.22. The molecule has 10 heteroatoms. The number of esters is 1. The first-order valence-electron chi connectivity index (χ1n) is 8.08. The van der Waals surface area contributed by atoms with E-state index in [4.69, 9.17) is 18.6 Å². The highest BCUT2D eigenvalue weighted by Gasteiger charge is 2.37. The monoisotopic (exact) mass is 399 g/mol. The fourth-order valence-corrected chi connectivity index (χ4v) is 4.41. The first-order valence-corrected chi connectivity index (χ1v) is 9.76. The first-order chi connectivity index (χ1) is 12.8. The van der Waals surface area contributed by atoms with Gasteiger partial charge in [0.1, 0.15) is 11.5 Å². The minimum Gasteiger partial charge on any atom is -0.502 e. The van der Waals surface area contributed by atoms with Gasteiger partial charge in [-0.15, -0.1) is 10.8 Å². The largest absolute Gasteiger partial charge is 0.502 e. The topological polar surface area (TPSA) is 122 Å². The third-order valence-electron chi connectivity index (χ3n) is 4.08. The van der Waals surface area contributed by atoms with Gasteiger partial charge < -0.3 is 23.7 Å². The Labute approximate surface area is 157 Å². The maximum Gasteiger partial charge on any atom is 0.308 e. The normalized spacial score (nSPS) is 16.9. The van der Waals surface area contributed by atoms with Crippen molar-refractivity contribution in [3.8, 4) is 34.3 Å². The third kappa shape index (κ3) is 3.51. The van der Waals surface area contributed by atoms with Gasteiger partial charge in [0.25, 0.3) is 5.88 Å². The van der Waals surface area contributed by atoms with E-state index in [1.165, 1.54) is 25.4 Å². The van der Waals surface area contributed by atoms with Gasteiger partial charge in [-0.25, -0.2) is 4.31 Å². The predicted molar refractivity (Wildman–Crippen MR) is 99.9 cm³/mol. The van der Waals surface area contributed by atoms with Crippen LogP contribution in [-0.2, 0) is 4.79 Å². The van der Waals surface area contributed by atoms with E-state index in [0.29, 0.717) is 23.5 Å². The number of benzene rings is 1. The van der Waals surface area contributed by atoms with Crippen LogP contribution in [0.5, 0.6) is 23.0 Å². The molecular weight excluding hydrogens is 378 g/mol. The van der Waals surface area contributed by atoms with Gasteiger partial charge in [-0.2, -0.15) is 0 Å². The highest BCUT2D eigenvalue weighted by Crippen LogP contribution is 2.58. The van der Waals surface area contributed by atoms with Gasteiger partial charge >= 0.3 is 5.97 Å². The SMILES string of the molecule is COc1ccc(OC)c(-c2oc(N3CCCS3(O)O)c(OC(C)=O)c2O)c1. The highest BCUT2D eigenvalue weighted by atomic mass is 32.3. The van der Waals surface area contributed by atoms with E-state index in [1.54, 1.807) is 18.2 Å². The average molecular weight is 399 g/mol. The van der Waals surface area contributed by atoms with Crippen molar-refractivity contribution in [1.29, 1.82) is 0 Å². The Balaban J connectivity index is 2.19. The molecule has 3 N–H and O–H groups in total. The molecule has 148 valence electrons. The Hall–Kier alpha value is -2.56. The Morgan fingerprint density at radius 2 is 2.00 bits per heavy atom. The average Bonchev–Trinajstić information content (AvgIpc) is 3.13. The minimum atomic E-state index is -3.13. The first kappa shape index (κ1) is 19.2. The van der Waals surface area contributed by atoms with Gasteiger partial charge in [0.05, 0.1) is 25.5 Å². The van der Waals surface area contributed by atoms with Crippen LogP contribution >= 0.6 is 10.8 Å². The van der Waals surface area contributed by atoms with E-state index in [9.17, 15) is 19.0 Å². The molecule has 0 spiro atoms. The number of hydrogen-bond donors (Lipinski definition) is 3. The zero-order chi connectivity index (χ0) is 19.8. The lowest BCUT2D eigenvalue weighted by molar-refractivity contribution is -0.132. The summed E-state index contributed by atoms with van der Waals surface area (Å²) in [5, 5.41) is 10.7. The van der Waals surface area contributed by atoms with Gasteiger partial charge in [0, 0.05) is 13.5 Å². The van der Waals surface area contributed by atoms with Crippen molar-refractivity contribution in [1.82, 2.24) is 0 Å². The second-order valence-electron chi connectivity index (χ2n) is 5.87. The zero-order valence-corrected chi connectivity index (χ0v) is 15.9. The lowest BCUT2D eigenvalue weighted by Crippen LogP contribution is -2.22. The van der Waals surface area contributed by atoms with Gasteiger partial charge in [-0.05, 0) is 24.6 Å². The van der Waals surface area contributed by atoms with Crippen LogP contribution in [0, 0.1) is 0 Å². The Kier molecular flexibility index (Phi) is 5.13. The molecule has 0 unspecified atom stereocenters. The van der Waals surface area contributed by atoms with Gasteiger partial charge in [-0.3, -0.25) is 13.9 Å². The molecular formula is C17H21NO8S. The molecule has 0 bridgehead atoms. The zero-order valence-electron chi connectivity index (χ0n) is 15.1. The van der Waals surface area contributed by atoms with Crippen LogP contribution in [-0.4, -0.2) is 46.7 Å². The number of aromatic hydroxyl groups is 1. The summed E-state index contributed by atoms with van der Waals surface area (Å²) < 4.78 is 43.1. The van der Waals surface area contributed by atoms with Crippen molar-refractivity contribution in [3.05, 3.63) is 18.2 Å². The van der Waals surface area contributed by atoms with Crippen molar-refractivity contribution in [2.75, 3.05) is 30.8 Å². The van der Waals surface area contributed by atoms with Crippen LogP contribution in [0.1, 0.15) is 13.3 Å². The summed E-state index contributed by atoms with van der Waals surface area (Å²) in [6.07, 6.45) is 0.515. The summed E-state index contributed by atoms with van der Waals surface area (Å²) in [4.78, 5) is 11.5. The molecule has 27 heavy (non-hydrogen) atoms. The lowest BCUT2D eigenvalue weighted by Gasteiger charge is -2.36.